The minimum absolute atomic E-state index is 0.0362. The predicted molar refractivity (Wildman–Crippen MR) is 299 cm³/mol. The van der Waals surface area contributed by atoms with Gasteiger partial charge in [-0.25, -0.2) is 9.59 Å². The molecule has 10 N–H and O–H groups in total. The van der Waals surface area contributed by atoms with Gasteiger partial charge in [0.25, 0.3) is 0 Å². The number of ether oxygens (including phenoxy) is 5. The van der Waals surface area contributed by atoms with Crippen molar-refractivity contribution in [3.63, 3.8) is 0 Å². The van der Waals surface area contributed by atoms with Crippen molar-refractivity contribution in [3.8, 4) is 23.0 Å². The second kappa shape index (κ2) is 24.7. The fourth-order valence-electron chi connectivity index (χ4n) is 11.8. The van der Waals surface area contributed by atoms with Crippen LogP contribution in [-0.4, -0.2) is 138 Å². The second-order valence-corrected chi connectivity index (χ2v) is 21.6. The molecular formula is C60H64N8O16. The van der Waals surface area contributed by atoms with E-state index in [-0.39, 0.29) is 64.5 Å². The number of hydrogen-bond donors (Lipinski definition) is 9. The number of methoxy groups -OCH3 is 1. The highest BCUT2D eigenvalue weighted by atomic mass is 16.7. The quantitative estimate of drug-likeness (QED) is 0.0611. The first-order chi connectivity index (χ1) is 40.4. The Labute approximate surface area is 481 Å². The number of Topliss-reactive ketones (excluding diaryl/α,β-unsaturated/α-hetero) is 1. The van der Waals surface area contributed by atoms with Crippen molar-refractivity contribution in [2.24, 2.45) is 27.8 Å². The molecule has 24 heteroatoms. The number of nitrogens with one attached hydrogen (secondary N) is 3. The Hall–Kier alpha value is -8.52. The number of rotatable bonds is 15. The van der Waals surface area contributed by atoms with E-state index in [0.29, 0.717) is 66.9 Å². The number of phenolic OH excluding ortho intramolecular Hbond substituents is 2. The van der Waals surface area contributed by atoms with Gasteiger partial charge >= 0.3 is 12.2 Å². The largest absolute Gasteiger partial charge is 0.507 e. The molecule has 440 valence electrons. The molecule has 1 saturated heterocycles. The first-order valence-electron chi connectivity index (χ1n) is 27.7. The Bertz CT molecular complexity index is 3430. The summed E-state index contributed by atoms with van der Waals surface area (Å²) in [5.41, 5.74) is 6.29. The lowest BCUT2D eigenvalue weighted by molar-refractivity contribution is -0.249. The van der Waals surface area contributed by atoms with Gasteiger partial charge < -0.3 is 70.9 Å². The van der Waals surface area contributed by atoms with Crippen molar-refractivity contribution in [1.29, 1.82) is 0 Å². The number of ketones is 3. The number of phenols is 2. The van der Waals surface area contributed by atoms with E-state index in [1.807, 2.05) is 31.2 Å². The topological polar surface area (TPSA) is 362 Å². The molecule has 10 atom stereocenters. The van der Waals surface area contributed by atoms with E-state index < -0.39 is 120 Å². The normalized spacial score (nSPS) is 25.3. The minimum Gasteiger partial charge on any atom is -0.507 e. The average Bonchev–Trinajstić information content (AvgIpc) is 0.837. The van der Waals surface area contributed by atoms with Gasteiger partial charge in [0, 0.05) is 72.5 Å². The maximum atomic E-state index is 14.1. The molecule has 5 aromatic rings. The molecule has 3 aliphatic carbocycles. The standard InChI is InChI=1S/C60H64N8O16/c1-4-8-45(71)64-31-14-20-40(63-26-31)52-34-18-21-38(37(61)19-17-33(34)51(67-68-52)39-10-5-6-22-62-39)65-59(78)83-32-15-12-30(13-16-32)28-81-58(77)66-41-23-46(82-29(2)53(41)72)84-43-25-60(79,44(70)27-69)24-36-48(43)57(76)50-49(55(36)74)54(73)35-9-7-11-42(80-3)47(35)56(50)75/h5-7,9-16,20,22,26,29,33-34,37-38,41,43,46,53,69,72,74,76,79H,4,8,17-19,21,23-25,27-28,61H2,1-3H3,(H,64,71)(H,65,78)(H,66,77)/t29?,33?,34?,37?,38?,41?,43-,46?,53?,60-/m0/s1. The van der Waals surface area contributed by atoms with Crippen LogP contribution in [0.2, 0.25) is 0 Å². The summed E-state index contributed by atoms with van der Waals surface area (Å²) in [6.07, 6.45) is -1.83. The van der Waals surface area contributed by atoms with Crippen molar-refractivity contribution in [2.75, 3.05) is 19.0 Å². The molecule has 8 unspecified atom stereocenters. The summed E-state index contributed by atoms with van der Waals surface area (Å²) in [4.78, 5) is 89.4. The molecule has 2 fully saturated rings. The number of nitrogens with two attached hydrogens (primary N) is 1. The van der Waals surface area contributed by atoms with Gasteiger partial charge in [0.05, 0.1) is 76.7 Å². The molecular weight excluding hydrogens is 1090 g/mol. The van der Waals surface area contributed by atoms with Crippen LogP contribution in [0.4, 0.5) is 15.3 Å². The summed E-state index contributed by atoms with van der Waals surface area (Å²) in [5, 5.41) is 74.2. The van der Waals surface area contributed by atoms with Crippen molar-refractivity contribution >= 4 is 52.6 Å². The highest BCUT2D eigenvalue weighted by molar-refractivity contribution is 6.31. The Balaban J connectivity index is 0.760. The van der Waals surface area contributed by atoms with Gasteiger partial charge in [0.1, 0.15) is 47.9 Å². The van der Waals surface area contributed by atoms with Crippen LogP contribution in [0.25, 0.3) is 0 Å². The number of carbonyl (C=O) groups excluding carboxylic acids is 6. The smallest absolute Gasteiger partial charge is 0.412 e. The number of hydrogen-bond acceptors (Lipinski definition) is 21. The van der Waals surface area contributed by atoms with Gasteiger partial charge in [0.15, 0.2) is 17.9 Å². The van der Waals surface area contributed by atoms with Crippen LogP contribution in [0.1, 0.15) is 131 Å². The predicted octanol–water partition coefficient (Wildman–Crippen LogP) is 5.00. The number of aliphatic hydroxyl groups is 3. The van der Waals surface area contributed by atoms with Crippen LogP contribution < -0.4 is 31.2 Å². The first kappa shape index (κ1) is 58.7. The lowest BCUT2D eigenvalue weighted by Crippen LogP contribution is -2.56. The summed E-state index contributed by atoms with van der Waals surface area (Å²) in [7, 11) is 1.30. The lowest BCUT2D eigenvalue weighted by atomic mass is 9.72. The molecule has 3 amide bonds. The van der Waals surface area contributed by atoms with E-state index in [4.69, 9.17) is 29.4 Å². The van der Waals surface area contributed by atoms with E-state index in [0.717, 1.165) is 5.71 Å². The number of amides is 3. The van der Waals surface area contributed by atoms with Crippen molar-refractivity contribution < 1.29 is 78.0 Å². The molecule has 0 radical (unpaired) electrons. The fourth-order valence-corrected chi connectivity index (χ4v) is 11.8. The van der Waals surface area contributed by atoms with Crippen LogP contribution >= 0.6 is 0 Å². The highest BCUT2D eigenvalue weighted by Gasteiger charge is 2.51. The summed E-state index contributed by atoms with van der Waals surface area (Å²) < 4.78 is 28.8. The van der Waals surface area contributed by atoms with Crippen LogP contribution in [0.5, 0.6) is 23.0 Å². The maximum absolute atomic E-state index is 14.1. The Morgan fingerprint density at radius 2 is 1.54 bits per heavy atom. The van der Waals surface area contributed by atoms with Gasteiger partial charge in [0.2, 0.25) is 11.7 Å². The van der Waals surface area contributed by atoms with E-state index in [9.17, 15) is 54.3 Å². The minimum atomic E-state index is -2.40. The van der Waals surface area contributed by atoms with Crippen molar-refractivity contribution in [3.05, 3.63) is 136 Å². The molecule has 2 aliphatic heterocycles. The number of pyridine rings is 2. The third-order valence-corrected chi connectivity index (χ3v) is 16.2. The Kier molecular flexibility index (Phi) is 17.3. The molecule has 10 rings (SSSR count). The van der Waals surface area contributed by atoms with E-state index in [2.05, 4.69) is 36.1 Å². The molecule has 84 heavy (non-hydrogen) atoms. The summed E-state index contributed by atoms with van der Waals surface area (Å²) in [6, 6.07) is 17.7. The number of anilines is 1. The second-order valence-electron chi connectivity index (χ2n) is 21.6. The lowest BCUT2D eigenvalue weighted by Gasteiger charge is -2.42. The number of nitrogens with zero attached hydrogens (tertiary/aromatic N) is 4. The average molecular weight is 1150 g/mol. The summed E-state index contributed by atoms with van der Waals surface area (Å²) in [5.74, 6) is -4.43. The van der Waals surface area contributed by atoms with Crippen LogP contribution in [-0.2, 0) is 36.8 Å². The van der Waals surface area contributed by atoms with Gasteiger partial charge in [-0.3, -0.25) is 29.1 Å². The number of aromatic nitrogens is 2. The maximum Gasteiger partial charge on any atom is 0.412 e. The number of aliphatic hydroxyl groups excluding tert-OH is 2. The van der Waals surface area contributed by atoms with Gasteiger partial charge in [-0.05, 0) is 87.1 Å². The van der Waals surface area contributed by atoms with Gasteiger partial charge in [-0.15, -0.1) is 0 Å². The molecule has 0 spiro atoms. The molecule has 1 saturated carbocycles. The molecule has 3 aromatic carbocycles. The molecule has 2 aromatic heterocycles. The molecule has 4 heterocycles. The third kappa shape index (κ3) is 11.9. The van der Waals surface area contributed by atoms with Crippen LogP contribution in [0.3, 0.4) is 0 Å². The molecule has 24 nitrogen and oxygen atoms in total. The zero-order valence-electron chi connectivity index (χ0n) is 46.2. The van der Waals surface area contributed by atoms with E-state index >= 15 is 0 Å². The van der Waals surface area contributed by atoms with E-state index in [1.165, 1.54) is 44.4 Å². The SMILES string of the molecule is CCCC(=O)Nc1ccc(C2=NN=C(c3ccccn3)C3CCC(N)C(NC(=O)Oc4ccc(COC(=O)NC5CC(O[C@H]6C[C@](O)(C(=O)CO)Cc7c(O)c8c(c(O)c76)C(=O)c6c(OC)cccc6C8=O)OC(C)C5O)cc4)CCC23)nc1. The van der Waals surface area contributed by atoms with Gasteiger partial charge in [-0.2, -0.15) is 10.2 Å². The number of carbonyl (C=O) groups is 6. The monoisotopic (exact) mass is 1150 g/mol. The van der Waals surface area contributed by atoms with Gasteiger partial charge in [-0.1, -0.05) is 37.3 Å². The van der Waals surface area contributed by atoms with Crippen molar-refractivity contribution in [1.82, 2.24) is 20.6 Å². The Morgan fingerprint density at radius 3 is 2.21 bits per heavy atom. The Morgan fingerprint density at radius 1 is 0.821 bits per heavy atom. The number of fused-ring (bicyclic) bond motifs is 4. The number of benzene rings is 3. The molecule has 5 aliphatic rings. The zero-order valence-corrected chi connectivity index (χ0v) is 46.2. The number of alkyl carbamates (subject to hydrolysis) is 1. The first-order valence-corrected chi connectivity index (χ1v) is 27.7. The van der Waals surface area contributed by atoms with E-state index in [1.54, 1.807) is 30.6 Å². The molecule has 0 bridgehead atoms. The number of aromatic hydroxyl groups is 2. The van der Waals surface area contributed by atoms with Crippen molar-refractivity contribution in [2.45, 2.75) is 127 Å². The van der Waals surface area contributed by atoms with Crippen LogP contribution in [0.15, 0.2) is 95.4 Å². The third-order valence-electron chi connectivity index (χ3n) is 16.2. The summed E-state index contributed by atoms with van der Waals surface area (Å²) >= 11 is 0. The zero-order chi connectivity index (χ0) is 59.6. The fraction of sp³-hybridized carbons (Fsp3) is 0.400. The van der Waals surface area contributed by atoms with Crippen LogP contribution in [0, 0.1) is 11.8 Å². The highest BCUT2D eigenvalue weighted by Crippen LogP contribution is 2.53. The summed E-state index contributed by atoms with van der Waals surface area (Å²) in [6.45, 7) is 2.06.